The molecule has 2 atom stereocenters. The molecule has 0 radical (unpaired) electrons. The molecule has 12 heavy (non-hydrogen) atoms. The van der Waals surface area contributed by atoms with Crippen LogP contribution in [-0.2, 0) is 4.79 Å². The summed E-state index contributed by atoms with van der Waals surface area (Å²) in [5.41, 5.74) is 0. The number of rotatable bonds is 1. The number of hydrogen-bond acceptors (Lipinski definition) is 2. The molecule has 70 valence electrons. The van der Waals surface area contributed by atoms with Crippen molar-refractivity contribution in [2.75, 3.05) is 13.6 Å². The van der Waals surface area contributed by atoms with E-state index in [4.69, 9.17) is 0 Å². The molecule has 0 aromatic heterocycles. The minimum absolute atomic E-state index is 0.0942. The molecule has 1 amide bonds. The lowest BCUT2D eigenvalue weighted by Crippen LogP contribution is -2.46. The number of hydrogen-bond donors (Lipinski definition) is 1. The first-order valence-corrected chi connectivity index (χ1v) is 4.57. The Balaban J connectivity index is 2.35. The standard InChI is InChI=1S/C9H18N2O/c1-7-6-9(10-8(2)12)4-5-11(7)3/h7,9H,4-6H2,1-3H3,(H,10,12). The van der Waals surface area contributed by atoms with E-state index in [2.05, 4.69) is 24.2 Å². The zero-order chi connectivity index (χ0) is 9.14. The third-order valence-electron chi connectivity index (χ3n) is 2.62. The van der Waals surface area contributed by atoms with Crippen LogP contribution in [0.3, 0.4) is 0 Å². The fraction of sp³-hybridized carbons (Fsp3) is 0.889. The van der Waals surface area contributed by atoms with Crippen molar-refractivity contribution in [1.29, 1.82) is 0 Å². The fourth-order valence-electron chi connectivity index (χ4n) is 1.71. The average molecular weight is 170 g/mol. The Morgan fingerprint density at radius 3 is 2.75 bits per heavy atom. The summed E-state index contributed by atoms with van der Waals surface area (Å²) in [6, 6.07) is 0.990. The van der Waals surface area contributed by atoms with Crippen molar-refractivity contribution in [2.24, 2.45) is 0 Å². The molecule has 3 heteroatoms. The Kier molecular flexibility index (Phi) is 3.09. The van der Waals surface area contributed by atoms with Gasteiger partial charge >= 0.3 is 0 Å². The first-order chi connectivity index (χ1) is 5.59. The second-order valence-electron chi connectivity index (χ2n) is 3.75. The van der Waals surface area contributed by atoms with Gasteiger partial charge in [-0.1, -0.05) is 0 Å². The maximum atomic E-state index is 10.8. The van der Waals surface area contributed by atoms with Gasteiger partial charge in [0.15, 0.2) is 0 Å². The first kappa shape index (κ1) is 9.52. The van der Waals surface area contributed by atoms with E-state index in [1.54, 1.807) is 6.92 Å². The fourth-order valence-corrected chi connectivity index (χ4v) is 1.71. The number of carbonyl (C=O) groups is 1. The van der Waals surface area contributed by atoms with Gasteiger partial charge in [0.2, 0.25) is 5.91 Å². The Morgan fingerprint density at radius 2 is 2.25 bits per heavy atom. The summed E-state index contributed by atoms with van der Waals surface area (Å²) in [4.78, 5) is 13.1. The first-order valence-electron chi connectivity index (χ1n) is 4.57. The molecule has 0 saturated carbocycles. The van der Waals surface area contributed by atoms with Gasteiger partial charge in [-0.3, -0.25) is 4.79 Å². The number of likely N-dealkylation sites (tertiary alicyclic amines) is 1. The topological polar surface area (TPSA) is 32.3 Å². The third-order valence-corrected chi connectivity index (χ3v) is 2.62. The highest BCUT2D eigenvalue weighted by molar-refractivity contribution is 5.73. The monoisotopic (exact) mass is 170 g/mol. The van der Waals surface area contributed by atoms with Gasteiger partial charge < -0.3 is 10.2 Å². The lowest BCUT2D eigenvalue weighted by atomic mass is 9.99. The molecule has 3 nitrogen and oxygen atoms in total. The molecule has 0 bridgehead atoms. The van der Waals surface area contributed by atoms with Crippen molar-refractivity contribution >= 4 is 5.91 Å². The Hall–Kier alpha value is -0.570. The van der Waals surface area contributed by atoms with Crippen molar-refractivity contribution in [2.45, 2.75) is 38.8 Å². The molecule has 2 unspecified atom stereocenters. The summed E-state index contributed by atoms with van der Waals surface area (Å²) in [5.74, 6) is 0.0942. The summed E-state index contributed by atoms with van der Waals surface area (Å²) < 4.78 is 0. The van der Waals surface area contributed by atoms with E-state index in [1.165, 1.54) is 0 Å². The van der Waals surface area contributed by atoms with Crippen LogP contribution in [0.1, 0.15) is 26.7 Å². The Labute approximate surface area is 74.1 Å². The number of nitrogens with zero attached hydrogens (tertiary/aromatic N) is 1. The predicted molar refractivity (Wildman–Crippen MR) is 48.9 cm³/mol. The van der Waals surface area contributed by atoms with Crippen LogP contribution in [0.5, 0.6) is 0 Å². The Morgan fingerprint density at radius 1 is 1.58 bits per heavy atom. The van der Waals surface area contributed by atoms with E-state index in [1.807, 2.05) is 0 Å². The molecule has 1 rings (SSSR count). The molecule has 1 fully saturated rings. The second-order valence-corrected chi connectivity index (χ2v) is 3.75. The maximum absolute atomic E-state index is 10.8. The zero-order valence-corrected chi connectivity index (χ0v) is 8.13. The van der Waals surface area contributed by atoms with Crippen LogP contribution in [0.15, 0.2) is 0 Å². The van der Waals surface area contributed by atoms with Crippen molar-refractivity contribution in [3.8, 4) is 0 Å². The highest BCUT2D eigenvalue weighted by Gasteiger charge is 2.22. The molecule has 1 heterocycles. The molecule has 0 aromatic carbocycles. The van der Waals surface area contributed by atoms with Crippen molar-refractivity contribution in [3.05, 3.63) is 0 Å². The minimum Gasteiger partial charge on any atom is -0.354 e. The quantitative estimate of drug-likeness (QED) is 0.625. The van der Waals surface area contributed by atoms with E-state index < -0.39 is 0 Å². The number of nitrogens with one attached hydrogen (secondary N) is 1. The number of amides is 1. The summed E-state index contributed by atoms with van der Waals surface area (Å²) in [6.45, 7) is 4.88. The van der Waals surface area contributed by atoms with Gasteiger partial charge in [0, 0.05) is 25.6 Å². The molecule has 0 aromatic rings. The van der Waals surface area contributed by atoms with Crippen molar-refractivity contribution < 1.29 is 4.79 Å². The van der Waals surface area contributed by atoms with Crippen LogP contribution >= 0.6 is 0 Å². The largest absolute Gasteiger partial charge is 0.354 e. The minimum atomic E-state index is 0.0942. The average Bonchev–Trinajstić information content (AvgIpc) is 1.96. The van der Waals surface area contributed by atoms with E-state index in [9.17, 15) is 4.79 Å². The predicted octanol–water partition coefficient (Wildman–Crippen LogP) is 0.605. The number of piperidine rings is 1. The highest BCUT2D eigenvalue weighted by atomic mass is 16.1. The van der Waals surface area contributed by atoms with Crippen LogP contribution < -0.4 is 5.32 Å². The van der Waals surface area contributed by atoms with Gasteiger partial charge in [-0.2, -0.15) is 0 Å². The summed E-state index contributed by atoms with van der Waals surface area (Å²) in [5, 5.41) is 2.97. The SMILES string of the molecule is CC(=O)NC1CCN(C)C(C)C1. The van der Waals surface area contributed by atoms with Crippen LogP contribution in [0.4, 0.5) is 0 Å². The molecule has 0 aliphatic carbocycles. The maximum Gasteiger partial charge on any atom is 0.217 e. The zero-order valence-electron chi connectivity index (χ0n) is 8.13. The molecular weight excluding hydrogens is 152 g/mol. The van der Waals surface area contributed by atoms with Gasteiger partial charge in [0.05, 0.1) is 0 Å². The Bertz CT molecular complexity index is 170. The van der Waals surface area contributed by atoms with Crippen LogP contribution in [0.2, 0.25) is 0 Å². The highest BCUT2D eigenvalue weighted by Crippen LogP contribution is 2.14. The molecule has 0 spiro atoms. The van der Waals surface area contributed by atoms with Crippen LogP contribution in [0.25, 0.3) is 0 Å². The van der Waals surface area contributed by atoms with Crippen LogP contribution in [0, 0.1) is 0 Å². The molecule has 1 aliphatic heterocycles. The normalized spacial score (nSPS) is 31.6. The van der Waals surface area contributed by atoms with Gasteiger partial charge in [0.25, 0.3) is 0 Å². The van der Waals surface area contributed by atoms with Gasteiger partial charge in [-0.25, -0.2) is 0 Å². The molecule has 1 saturated heterocycles. The van der Waals surface area contributed by atoms with Crippen LogP contribution in [-0.4, -0.2) is 36.5 Å². The summed E-state index contributed by atoms with van der Waals surface area (Å²) in [6.07, 6.45) is 2.16. The van der Waals surface area contributed by atoms with Gasteiger partial charge in [0.1, 0.15) is 0 Å². The molecule has 1 N–H and O–H groups in total. The van der Waals surface area contributed by atoms with E-state index >= 15 is 0 Å². The van der Waals surface area contributed by atoms with Gasteiger partial charge in [-0.05, 0) is 26.8 Å². The van der Waals surface area contributed by atoms with Gasteiger partial charge in [-0.15, -0.1) is 0 Å². The third kappa shape index (κ3) is 2.48. The molecular formula is C9H18N2O. The second kappa shape index (κ2) is 3.90. The smallest absolute Gasteiger partial charge is 0.217 e. The summed E-state index contributed by atoms with van der Waals surface area (Å²) >= 11 is 0. The van der Waals surface area contributed by atoms with E-state index in [-0.39, 0.29) is 5.91 Å². The summed E-state index contributed by atoms with van der Waals surface area (Å²) in [7, 11) is 2.13. The van der Waals surface area contributed by atoms with E-state index in [0.717, 1.165) is 19.4 Å². The van der Waals surface area contributed by atoms with E-state index in [0.29, 0.717) is 12.1 Å². The van der Waals surface area contributed by atoms with Crippen molar-refractivity contribution in [1.82, 2.24) is 10.2 Å². The lowest BCUT2D eigenvalue weighted by Gasteiger charge is -2.35. The van der Waals surface area contributed by atoms with Crippen molar-refractivity contribution in [3.63, 3.8) is 0 Å². The molecule has 1 aliphatic rings. The lowest BCUT2D eigenvalue weighted by molar-refractivity contribution is -0.120. The number of carbonyl (C=O) groups excluding carboxylic acids is 1.